The highest BCUT2D eigenvalue weighted by Crippen LogP contribution is 2.52. The van der Waals surface area contributed by atoms with Crippen molar-refractivity contribution in [2.75, 3.05) is 13.1 Å². The van der Waals surface area contributed by atoms with Gasteiger partial charge in [-0.3, -0.25) is 9.59 Å². The number of carboxylic acid groups (broad SMARTS) is 1. The molecule has 7 heteroatoms. The van der Waals surface area contributed by atoms with E-state index in [4.69, 9.17) is 0 Å². The summed E-state index contributed by atoms with van der Waals surface area (Å²) in [5.74, 6) is -0.0246. The molecule has 1 amide bonds. The van der Waals surface area contributed by atoms with Gasteiger partial charge in [0.25, 0.3) is 5.56 Å². The first-order chi connectivity index (χ1) is 17.2. The molecule has 1 spiro atoms. The van der Waals surface area contributed by atoms with Gasteiger partial charge in [0, 0.05) is 36.7 Å². The number of carbonyl (C=O) groups is 2. The molecule has 1 aromatic heterocycles. The average molecular weight is 499 g/mol. The Morgan fingerprint density at radius 2 is 1.75 bits per heavy atom. The van der Waals surface area contributed by atoms with Crippen molar-refractivity contribution in [1.29, 1.82) is 0 Å². The maximum Gasteiger partial charge on any atom is 0.337 e. The number of pyridine rings is 1. The second-order valence-corrected chi connectivity index (χ2v) is 12.4. The highest BCUT2D eigenvalue weighted by atomic mass is 16.4. The van der Waals surface area contributed by atoms with E-state index in [1.807, 2.05) is 4.90 Å². The third-order valence-corrected chi connectivity index (χ3v) is 9.82. The summed E-state index contributed by atoms with van der Waals surface area (Å²) in [5, 5.41) is 21.8. The first-order valence-corrected chi connectivity index (χ1v) is 14.2. The van der Waals surface area contributed by atoms with E-state index in [0.717, 1.165) is 44.9 Å². The van der Waals surface area contributed by atoms with Crippen molar-refractivity contribution in [3.05, 3.63) is 33.7 Å². The second-order valence-electron chi connectivity index (χ2n) is 12.4. The number of amides is 1. The lowest BCUT2D eigenvalue weighted by Crippen LogP contribution is -2.62. The summed E-state index contributed by atoms with van der Waals surface area (Å²) >= 11 is 0. The second kappa shape index (κ2) is 9.96. The molecule has 3 saturated carbocycles. The smallest absolute Gasteiger partial charge is 0.337 e. The Labute approximate surface area is 213 Å². The highest BCUT2D eigenvalue weighted by Gasteiger charge is 2.56. The fraction of sp³-hybridized carbons (Fsp3) is 0.759. The molecule has 0 radical (unpaired) electrons. The number of hydrogen-bond acceptors (Lipinski definition) is 4. The molecule has 2 N–H and O–H groups in total. The molecule has 198 valence electrons. The fourth-order valence-corrected chi connectivity index (χ4v) is 7.53. The van der Waals surface area contributed by atoms with Crippen molar-refractivity contribution >= 4 is 11.9 Å². The van der Waals surface area contributed by atoms with Gasteiger partial charge in [0.05, 0.1) is 17.7 Å². The number of rotatable bonds is 7. The van der Waals surface area contributed by atoms with Crippen LogP contribution >= 0.6 is 0 Å². The van der Waals surface area contributed by atoms with Crippen LogP contribution in [0.3, 0.4) is 0 Å². The van der Waals surface area contributed by atoms with E-state index >= 15 is 0 Å². The predicted octanol–water partition coefficient (Wildman–Crippen LogP) is 4.55. The van der Waals surface area contributed by atoms with Crippen molar-refractivity contribution in [3.63, 3.8) is 0 Å². The largest absolute Gasteiger partial charge is 0.478 e. The van der Waals surface area contributed by atoms with Gasteiger partial charge in [-0.1, -0.05) is 51.9 Å². The van der Waals surface area contributed by atoms with Gasteiger partial charge in [-0.15, -0.1) is 0 Å². The number of carbonyl (C=O) groups excluding carboxylic acids is 1. The molecule has 1 saturated heterocycles. The Bertz CT molecular complexity index is 1050. The number of aromatic nitrogens is 1. The minimum atomic E-state index is -1.15. The van der Waals surface area contributed by atoms with Crippen molar-refractivity contribution in [3.8, 4) is 0 Å². The molecule has 3 aliphatic carbocycles. The monoisotopic (exact) mass is 498 g/mol. The number of piperidine rings is 1. The number of carboxylic acids is 1. The van der Waals surface area contributed by atoms with E-state index in [9.17, 15) is 24.6 Å². The van der Waals surface area contributed by atoms with Crippen LogP contribution < -0.4 is 5.56 Å². The molecule has 0 unspecified atom stereocenters. The number of hydrogen-bond donors (Lipinski definition) is 2. The maximum atomic E-state index is 13.5. The summed E-state index contributed by atoms with van der Waals surface area (Å²) < 4.78 is 1.42. The van der Waals surface area contributed by atoms with Crippen LogP contribution in [0.2, 0.25) is 0 Å². The third-order valence-electron chi connectivity index (χ3n) is 9.82. The number of aromatic carboxylic acids is 1. The van der Waals surface area contributed by atoms with Crippen LogP contribution in [0.1, 0.15) is 112 Å². The summed E-state index contributed by atoms with van der Waals surface area (Å²) in [4.78, 5) is 40.4. The lowest BCUT2D eigenvalue weighted by molar-refractivity contribution is -0.163. The quantitative estimate of drug-likeness (QED) is 0.574. The van der Waals surface area contributed by atoms with Gasteiger partial charge in [-0.2, -0.15) is 0 Å². The molecule has 1 aliphatic heterocycles. The minimum absolute atomic E-state index is 0.00606. The Kier molecular flexibility index (Phi) is 7.05. The van der Waals surface area contributed by atoms with Crippen LogP contribution in [-0.4, -0.2) is 50.2 Å². The number of nitrogens with zero attached hydrogens (tertiary/aromatic N) is 2. The summed E-state index contributed by atoms with van der Waals surface area (Å²) in [7, 11) is 0. The first kappa shape index (κ1) is 25.5. The molecule has 36 heavy (non-hydrogen) atoms. The first-order valence-electron chi connectivity index (χ1n) is 14.2. The molecule has 4 aliphatic rings. The van der Waals surface area contributed by atoms with E-state index in [1.54, 1.807) is 0 Å². The zero-order valence-corrected chi connectivity index (χ0v) is 21.7. The molecule has 0 bridgehead atoms. The van der Waals surface area contributed by atoms with Gasteiger partial charge in [-0.25, -0.2) is 4.79 Å². The average Bonchev–Trinajstić information content (AvgIpc) is 3.60. The van der Waals surface area contributed by atoms with E-state index in [-0.39, 0.29) is 35.4 Å². The van der Waals surface area contributed by atoms with Gasteiger partial charge in [0.2, 0.25) is 5.91 Å². The molecule has 2 atom stereocenters. The molecule has 7 nitrogen and oxygen atoms in total. The molecule has 4 fully saturated rings. The van der Waals surface area contributed by atoms with Crippen LogP contribution in [-0.2, 0) is 11.3 Å². The fourth-order valence-electron chi connectivity index (χ4n) is 7.53. The molecule has 1 aromatic rings. The summed E-state index contributed by atoms with van der Waals surface area (Å²) in [6.07, 6.45) is 14.6. The molecular weight excluding hydrogens is 456 g/mol. The Hall–Kier alpha value is -2.15. The maximum absolute atomic E-state index is 13.5. The number of aliphatic hydroxyl groups is 1. The summed E-state index contributed by atoms with van der Waals surface area (Å²) in [5.41, 5.74) is -1.05. The van der Waals surface area contributed by atoms with Crippen LogP contribution in [0, 0.1) is 17.3 Å². The third kappa shape index (κ3) is 4.88. The lowest BCUT2D eigenvalue weighted by atomic mass is 9.65. The number of likely N-dealkylation sites (tertiary alicyclic amines) is 1. The van der Waals surface area contributed by atoms with E-state index in [1.165, 1.54) is 48.9 Å². The molecule has 5 rings (SSSR count). The standard InChI is InChI=1S/C29H42N2O5/c1-20(15-21-7-3-2-4-8-21)26(33)30-14-13-29(36,28(18-30)11-5-6-12-28)19-31-17-24(27(34)35)23(16-25(31)32)22-9-10-22/h16-17,20-22,36H,2-15,18-19H2,1H3,(H,34,35)/t20-,29-/m1/s1. The van der Waals surface area contributed by atoms with Gasteiger partial charge in [-0.05, 0) is 55.9 Å². The zero-order chi connectivity index (χ0) is 25.5. The van der Waals surface area contributed by atoms with Crippen molar-refractivity contribution in [1.82, 2.24) is 9.47 Å². The predicted molar refractivity (Wildman–Crippen MR) is 137 cm³/mol. The minimum Gasteiger partial charge on any atom is -0.478 e. The van der Waals surface area contributed by atoms with Gasteiger partial charge in [0.15, 0.2) is 0 Å². The molecule has 2 heterocycles. The summed E-state index contributed by atoms with van der Waals surface area (Å²) in [6, 6.07) is 1.47. The van der Waals surface area contributed by atoms with E-state index in [0.29, 0.717) is 31.0 Å². The Morgan fingerprint density at radius 1 is 1.06 bits per heavy atom. The van der Waals surface area contributed by atoms with Crippen LogP contribution in [0.25, 0.3) is 0 Å². The van der Waals surface area contributed by atoms with Crippen molar-refractivity contribution < 1.29 is 19.8 Å². The van der Waals surface area contributed by atoms with Crippen molar-refractivity contribution in [2.24, 2.45) is 17.3 Å². The highest BCUT2D eigenvalue weighted by molar-refractivity contribution is 5.89. The van der Waals surface area contributed by atoms with Gasteiger partial charge < -0.3 is 19.7 Å². The SMILES string of the molecule is C[C@H](CC1CCCCC1)C(=O)N1CC[C@@](O)(Cn2cc(C(=O)O)c(C3CC3)cc2=O)C2(CCCC2)C1. The van der Waals surface area contributed by atoms with Gasteiger partial charge in [0.1, 0.15) is 0 Å². The van der Waals surface area contributed by atoms with Crippen LogP contribution in [0.5, 0.6) is 0 Å². The zero-order valence-electron chi connectivity index (χ0n) is 21.7. The van der Waals surface area contributed by atoms with Crippen LogP contribution in [0.15, 0.2) is 17.1 Å². The normalized spacial score (nSPS) is 27.3. The molecule has 0 aromatic carbocycles. The van der Waals surface area contributed by atoms with Gasteiger partial charge >= 0.3 is 5.97 Å². The van der Waals surface area contributed by atoms with E-state index in [2.05, 4.69) is 6.92 Å². The van der Waals surface area contributed by atoms with Crippen LogP contribution in [0.4, 0.5) is 0 Å². The topological polar surface area (TPSA) is 99.8 Å². The van der Waals surface area contributed by atoms with Crippen molar-refractivity contribution in [2.45, 2.75) is 108 Å². The summed E-state index contributed by atoms with van der Waals surface area (Å²) in [6.45, 7) is 3.15. The van der Waals surface area contributed by atoms with E-state index < -0.39 is 17.0 Å². The molecular formula is C29H42N2O5. The Balaban J connectivity index is 1.34. The lowest BCUT2D eigenvalue weighted by Gasteiger charge is -2.53. The Morgan fingerprint density at radius 3 is 2.39 bits per heavy atom.